The van der Waals surface area contributed by atoms with Crippen molar-refractivity contribution in [2.24, 2.45) is 5.92 Å². The number of hydrogen-bond acceptors (Lipinski definition) is 5. The summed E-state index contributed by atoms with van der Waals surface area (Å²) >= 11 is 1.37. The molecule has 1 saturated carbocycles. The minimum Gasteiger partial charge on any atom is -0.465 e. The fourth-order valence-electron chi connectivity index (χ4n) is 3.35. The zero-order valence-corrected chi connectivity index (χ0v) is 18.9. The molecule has 0 aliphatic heterocycles. The van der Waals surface area contributed by atoms with E-state index in [0.717, 1.165) is 23.3 Å². The summed E-state index contributed by atoms with van der Waals surface area (Å²) in [6, 6.07) is 23.7. The predicted molar refractivity (Wildman–Crippen MR) is 129 cm³/mol. The van der Waals surface area contributed by atoms with Crippen LogP contribution in [-0.2, 0) is 14.3 Å². The number of carbonyl (C=O) groups is 3. The molecular weight excluding hydrogens is 436 g/mol. The van der Waals surface area contributed by atoms with E-state index < -0.39 is 11.2 Å². The van der Waals surface area contributed by atoms with Gasteiger partial charge < -0.3 is 15.4 Å². The fourth-order valence-corrected chi connectivity index (χ4v) is 4.44. The largest absolute Gasteiger partial charge is 0.465 e. The Hall–Kier alpha value is -3.58. The van der Waals surface area contributed by atoms with Gasteiger partial charge in [-0.3, -0.25) is 9.59 Å². The van der Waals surface area contributed by atoms with E-state index in [9.17, 15) is 14.4 Å². The lowest BCUT2D eigenvalue weighted by atomic mass is 10.1. The van der Waals surface area contributed by atoms with Gasteiger partial charge in [0.1, 0.15) is 5.25 Å². The summed E-state index contributed by atoms with van der Waals surface area (Å²) in [4.78, 5) is 38.5. The second-order valence-corrected chi connectivity index (χ2v) is 8.90. The third-order valence-corrected chi connectivity index (χ3v) is 6.48. The van der Waals surface area contributed by atoms with Crippen LogP contribution in [0, 0.1) is 5.92 Å². The number of esters is 1. The van der Waals surface area contributed by atoms with Gasteiger partial charge in [0.25, 0.3) is 0 Å². The number of carbonyl (C=O) groups excluding carboxylic acids is 3. The van der Waals surface area contributed by atoms with Crippen molar-refractivity contribution in [3.8, 4) is 0 Å². The second-order valence-electron chi connectivity index (χ2n) is 7.73. The van der Waals surface area contributed by atoms with Crippen molar-refractivity contribution < 1.29 is 19.1 Å². The third kappa shape index (κ3) is 5.81. The van der Waals surface area contributed by atoms with Crippen LogP contribution in [0.3, 0.4) is 0 Å². The van der Waals surface area contributed by atoms with Crippen LogP contribution in [0.25, 0.3) is 0 Å². The number of rotatable bonds is 8. The number of ether oxygens (including phenoxy) is 1. The molecule has 33 heavy (non-hydrogen) atoms. The van der Waals surface area contributed by atoms with Crippen molar-refractivity contribution in [3.05, 3.63) is 90.0 Å². The van der Waals surface area contributed by atoms with Crippen LogP contribution in [0.2, 0.25) is 0 Å². The van der Waals surface area contributed by atoms with E-state index in [1.54, 1.807) is 24.3 Å². The van der Waals surface area contributed by atoms with Gasteiger partial charge in [-0.15, -0.1) is 11.8 Å². The molecule has 6 nitrogen and oxygen atoms in total. The van der Waals surface area contributed by atoms with Gasteiger partial charge in [0.15, 0.2) is 0 Å². The molecule has 0 spiro atoms. The molecular formula is C26H24N2O4S. The SMILES string of the molecule is COC(=O)c1ccccc1NC(=O)C(Sc1cccc(NC(=O)C2CC2)c1)c1ccccc1. The van der Waals surface area contributed by atoms with Crippen LogP contribution in [-0.4, -0.2) is 24.9 Å². The Labute approximate surface area is 196 Å². The average Bonchev–Trinajstić information content (AvgIpc) is 3.69. The highest BCUT2D eigenvalue weighted by Crippen LogP contribution is 2.38. The molecule has 2 N–H and O–H groups in total. The number of hydrogen-bond donors (Lipinski definition) is 2. The van der Waals surface area contributed by atoms with Crippen LogP contribution >= 0.6 is 11.8 Å². The van der Waals surface area contributed by atoms with Crippen LogP contribution < -0.4 is 10.6 Å². The first-order chi connectivity index (χ1) is 16.0. The Morgan fingerprint density at radius 2 is 1.64 bits per heavy atom. The van der Waals surface area contributed by atoms with Gasteiger partial charge >= 0.3 is 5.97 Å². The predicted octanol–water partition coefficient (Wildman–Crippen LogP) is 5.29. The van der Waals surface area contributed by atoms with Crippen molar-refractivity contribution in [1.29, 1.82) is 0 Å². The molecule has 0 heterocycles. The molecule has 4 rings (SSSR count). The number of nitrogens with one attached hydrogen (secondary N) is 2. The first-order valence-corrected chi connectivity index (χ1v) is 11.5. The Morgan fingerprint density at radius 3 is 2.36 bits per heavy atom. The summed E-state index contributed by atoms with van der Waals surface area (Å²) in [5.74, 6) is -0.642. The molecule has 7 heteroatoms. The van der Waals surface area contributed by atoms with E-state index in [1.807, 2.05) is 54.6 Å². The van der Waals surface area contributed by atoms with Gasteiger partial charge in [-0.25, -0.2) is 4.79 Å². The molecule has 1 fully saturated rings. The molecule has 3 aromatic carbocycles. The molecule has 2 amide bonds. The van der Waals surface area contributed by atoms with E-state index >= 15 is 0 Å². The average molecular weight is 461 g/mol. The molecule has 1 atom stereocenters. The maximum absolute atomic E-state index is 13.4. The lowest BCUT2D eigenvalue weighted by Crippen LogP contribution is -2.21. The lowest BCUT2D eigenvalue weighted by Gasteiger charge is -2.18. The minimum absolute atomic E-state index is 0.0360. The number of anilines is 2. The van der Waals surface area contributed by atoms with Crippen molar-refractivity contribution in [2.45, 2.75) is 23.0 Å². The van der Waals surface area contributed by atoms with E-state index in [4.69, 9.17) is 4.74 Å². The van der Waals surface area contributed by atoms with Gasteiger partial charge in [0, 0.05) is 16.5 Å². The number of amides is 2. The van der Waals surface area contributed by atoms with Crippen LogP contribution in [0.1, 0.15) is 34.0 Å². The topological polar surface area (TPSA) is 84.5 Å². The molecule has 0 bridgehead atoms. The molecule has 168 valence electrons. The molecule has 1 unspecified atom stereocenters. The zero-order valence-electron chi connectivity index (χ0n) is 18.1. The van der Waals surface area contributed by atoms with E-state index in [-0.39, 0.29) is 23.3 Å². The summed E-state index contributed by atoms with van der Waals surface area (Å²) in [6.45, 7) is 0. The summed E-state index contributed by atoms with van der Waals surface area (Å²) in [5, 5.41) is 5.26. The molecule has 0 aromatic heterocycles. The van der Waals surface area contributed by atoms with Gasteiger partial charge in [-0.1, -0.05) is 48.5 Å². The van der Waals surface area contributed by atoms with E-state index in [2.05, 4.69) is 10.6 Å². The molecule has 0 saturated heterocycles. The monoisotopic (exact) mass is 460 g/mol. The fraction of sp³-hybridized carbons (Fsp3) is 0.192. The van der Waals surface area contributed by atoms with Gasteiger partial charge in [-0.2, -0.15) is 0 Å². The Morgan fingerprint density at radius 1 is 0.909 bits per heavy atom. The summed E-state index contributed by atoms with van der Waals surface area (Å²) < 4.78 is 4.84. The third-order valence-electron chi connectivity index (χ3n) is 5.23. The minimum atomic E-state index is -0.578. The van der Waals surface area contributed by atoms with Crippen molar-refractivity contribution in [2.75, 3.05) is 17.7 Å². The lowest BCUT2D eigenvalue weighted by molar-refractivity contribution is -0.117. The van der Waals surface area contributed by atoms with Gasteiger partial charge in [0.05, 0.1) is 18.4 Å². The Balaban J connectivity index is 1.57. The van der Waals surface area contributed by atoms with E-state index in [1.165, 1.54) is 18.9 Å². The summed E-state index contributed by atoms with van der Waals surface area (Å²) in [7, 11) is 1.30. The molecule has 3 aromatic rings. The smallest absolute Gasteiger partial charge is 0.339 e. The van der Waals surface area contributed by atoms with Crippen molar-refractivity contribution in [3.63, 3.8) is 0 Å². The zero-order chi connectivity index (χ0) is 23.2. The first-order valence-electron chi connectivity index (χ1n) is 10.7. The van der Waals surface area contributed by atoms with Crippen LogP contribution in [0.15, 0.2) is 83.8 Å². The van der Waals surface area contributed by atoms with Gasteiger partial charge in [0.2, 0.25) is 11.8 Å². The Kier molecular flexibility index (Phi) is 7.10. The normalized spacial score (nSPS) is 13.6. The first kappa shape index (κ1) is 22.6. The van der Waals surface area contributed by atoms with Crippen molar-refractivity contribution in [1.82, 2.24) is 0 Å². The highest BCUT2D eigenvalue weighted by atomic mass is 32.2. The summed E-state index contributed by atoms with van der Waals surface area (Å²) in [5.41, 5.74) is 2.21. The van der Waals surface area contributed by atoms with Crippen LogP contribution in [0.5, 0.6) is 0 Å². The standard InChI is InChI=1S/C26H24N2O4S/c1-32-26(31)21-12-5-6-13-22(21)28-25(30)23(17-8-3-2-4-9-17)33-20-11-7-10-19(16-20)27-24(29)18-14-15-18/h2-13,16,18,23H,14-15H2,1H3,(H,27,29)(H,28,30). The number of methoxy groups -OCH3 is 1. The Bertz CT molecular complexity index is 1160. The van der Waals surface area contributed by atoms with Crippen molar-refractivity contribution >= 4 is 40.9 Å². The van der Waals surface area contributed by atoms with Crippen LogP contribution in [0.4, 0.5) is 11.4 Å². The molecule has 1 aliphatic carbocycles. The number of thioether (sulfide) groups is 1. The maximum atomic E-state index is 13.4. The highest BCUT2D eigenvalue weighted by Gasteiger charge is 2.29. The molecule has 0 radical (unpaired) electrons. The number of para-hydroxylation sites is 1. The molecule has 1 aliphatic rings. The maximum Gasteiger partial charge on any atom is 0.339 e. The quantitative estimate of drug-likeness (QED) is 0.352. The van der Waals surface area contributed by atoms with Gasteiger partial charge in [-0.05, 0) is 48.7 Å². The second kappa shape index (κ2) is 10.4. The summed E-state index contributed by atoms with van der Waals surface area (Å²) in [6.07, 6.45) is 1.87. The number of benzene rings is 3. The van der Waals surface area contributed by atoms with E-state index in [0.29, 0.717) is 11.4 Å². The highest BCUT2D eigenvalue weighted by molar-refractivity contribution is 8.00.